The molecule has 0 bridgehead atoms. The van der Waals surface area contributed by atoms with Gasteiger partial charge in [0.25, 0.3) is 0 Å². The molecule has 1 aromatic heterocycles. The highest BCUT2D eigenvalue weighted by Gasteiger charge is 2.08. The number of amides is 1. The van der Waals surface area contributed by atoms with Gasteiger partial charge in [-0.25, -0.2) is 0 Å². The fourth-order valence-corrected chi connectivity index (χ4v) is 1.19. The summed E-state index contributed by atoms with van der Waals surface area (Å²) in [4.78, 5) is 13.2. The number of anilines is 1. The number of rotatable bonds is 4. The van der Waals surface area contributed by atoms with Crippen molar-refractivity contribution >= 4 is 11.6 Å². The van der Waals surface area contributed by atoms with E-state index in [9.17, 15) is 4.79 Å². The largest absolute Gasteiger partial charge is 0.396 e. The maximum atomic E-state index is 11.5. The van der Waals surface area contributed by atoms with Crippen LogP contribution in [0, 0.1) is 0 Å². The Labute approximate surface area is 83.5 Å². The lowest BCUT2D eigenvalue weighted by Crippen LogP contribution is -2.30. The van der Waals surface area contributed by atoms with Gasteiger partial charge in [0.2, 0.25) is 5.91 Å². The fraction of sp³-hybridized carbons (Fsp3) is 0.556. The number of hydrogen-bond acceptors (Lipinski definition) is 3. The molecule has 0 aliphatic heterocycles. The van der Waals surface area contributed by atoms with Crippen molar-refractivity contribution in [2.24, 2.45) is 0 Å². The molecule has 1 heterocycles. The molecule has 0 aliphatic rings. The van der Waals surface area contributed by atoms with Gasteiger partial charge < -0.3 is 10.6 Å². The summed E-state index contributed by atoms with van der Waals surface area (Å²) in [5.74, 6) is 0.0509. The van der Waals surface area contributed by atoms with Crippen molar-refractivity contribution in [1.82, 2.24) is 14.7 Å². The summed E-state index contributed by atoms with van der Waals surface area (Å²) >= 11 is 0. The molecule has 5 nitrogen and oxygen atoms in total. The summed E-state index contributed by atoms with van der Waals surface area (Å²) in [7, 11) is 1.79. The zero-order valence-electron chi connectivity index (χ0n) is 8.60. The topological polar surface area (TPSA) is 64.2 Å². The maximum Gasteiger partial charge on any atom is 0.244 e. The Morgan fingerprint density at radius 3 is 2.93 bits per heavy atom. The molecule has 0 aromatic carbocycles. The van der Waals surface area contributed by atoms with Crippen LogP contribution in [-0.4, -0.2) is 34.2 Å². The maximum absolute atomic E-state index is 11.5. The molecule has 0 aliphatic carbocycles. The minimum Gasteiger partial charge on any atom is -0.396 e. The molecular formula is C9H16N4O. The van der Waals surface area contributed by atoms with Crippen molar-refractivity contribution < 1.29 is 4.79 Å². The first kappa shape index (κ1) is 10.6. The van der Waals surface area contributed by atoms with E-state index in [0.717, 1.165) is 13.0 Å². The molecule has 0 saturated carbocycles. The predicted octanol–water partition coefficient (Wildman–Crippen LogP) is 0.334. The highest BCUT2D eigenvalue weighted by atomic mass is 16.2. The quantitative estimate of drug-likeness (QED) is 0.755. The van der Waals surface area contributed by atoms with Crippen LogP contribution in [0.2, 0.25) is 0 Å². The molecule has 2 N–H and O–H groups in total. The summed E-state index contributed by atoms with van der Waals surface area (Å²) in [5, 5.41) is 3.94. The molecule has 0 unspecified atom stereocenters. The molecule has 0 saturated heterocycles. The van der Waals surface area contributed by atoms with Crippen LogP contribution >= 0.6 is 0 Å². The summed E-state index contributed by atoms with van der Waals surface area (Å²) in [6, 6.07) is 0. The van der Waals surface area contributed by atoms with E-state index in [1.54, 1.807) is 22.8 Å². The number of hydrogen-bond donors (Lipinski definition) is 1. The predicted molar refractivity (Wildman–Crippen MR) is 54.6 cm³/mol. The van der Waals surface area contributed by atoms with E-state index in [-0.39, 0.29) is 12.5 Å². The third-order valence-corrected chi connectivity index (χ3v) is 1.94. The molecule has 0 atom stereocenters. The van der Waals surface area contributed by atoms with Crippen LogP contribution in [0.15, 0.2) is 12.4 Å². The van der Waals surface area contributed by atoms with Crippen molar-refractivity contribution in [3.8, 4) is 0 Å². The normalized spacial score (nSPS) is 10.1. The Balaban J connectivity index is 2.48. The number of aromatic nitrogens is 2. The highest BCUT2D eigenvalue weighted by molar-refractivity contribution is 5.75. The highest BCUT2D eigenvalue weighted by Crippen LogP contribution is 1.99. The molecule has 14 heavy (non-hydrogen) atoms. The Morgan fingerprint density at radius 2 is 2.43 bits per heavy atom. The van der Waals surface area contributed by atoms with Crippen molar-refractivity contribution in [3.63, 3.8) is 0 Å². The molecule has 0 spiro atoms. The Morgan fingerprint density at radius 1 is 1.71 bits per heavy atom. The lowest BCUT2D eigenvalue weighted by atomic mass is 10.4. The van der Waals surface area contributed by atoms with Crippen LogP contribution in [0.1, 0.15) is 13.3 Å². The van der Waals surface area contributed by atoms with Crippen LogP contribution in [0.4, 0.5) is 5.69 Å². The van der Waals surface area contributed by atoms with E-state index in [4.69, 9.17) is 5.73 Å². The molecule has 1 rings (SSSR count). The van der Waals surface area contributed by atoms with Crippen molar-refractivity contribution in [2.75, 3.05) is 19.3 Å². The number of likely N-dealkylation sites (N-methyl/N-ethyl adjacent to an activating group) is 1. The van der Waals surface area contributed by atoms with Gasteiger partial charge in [0.1, 0.15) is 6.54 Å². The van der Waals surface area contributed by atoms with Gasteiger partial charge in [-0.3, -0.25) is 9.48 Å². The number of carbonyl (C=O) groups is 1. The zero-order valence-corrected chi connectivity index (χ0v) is 8.60. The third kappa shape index (κ3) is 2.76. The fourth-order valence-electron chi connectivity index (χ4n) is 1.19. The first-order valence-electron chi connectivity index (χ1n) is 4.65. The molecule has 1 amide bonds. The van der Waals surface area contributed by atoms with Gasteiger partial charge in [0.15, 0.2) is 0 Å². The zero-order chi connectivity index (χ0) is 10.6. The number of nitrogens with zero attached hydrogens (tertiary/aromatic N) is 3. The van der Waals surface area contributed by atoms with Gasteiger partial charge in [0, 0.05) is 19.8 Å². The SMILES string of the molecule is CCCN(C)C(=O)Cn1cc(N)cn1. The van der Waals surface area contributed by atoms with Crippen LogP contribution in [0.25, 0.3) is 0 Å². The smallest absolute Gasteiger partial charge is 0.244 e. The Hall–Kier alpha value is -1.52. The first-order chi connectivity index (χ1) is 6.63. The Bertz CT molecular complexity index is 308. The van der Waals surface area contributed by atoms with Gasteiger partial charge >= 0.3 is 0 Å². The van der Waals surface area contributed by atoms with Crippen molar-refractivity contribution in [2.45, 2.75) is 19.9 Å². The van der Waals surface area contributed by atoms with Crippen molar-refractivity contribution in [1.29, 1.82) is 0 Å². The first-order valence-corrected chi connectivity index (χ1v) is 4.65. The van der Waals surface area contributed by atoms with Gasteiger partial charge in [-0.05, 0) is 6.42 Å². The third-order valence-electron chi connectivity index (χ3n) is 1.94. The summed E-state index contributed by atoms with van der Waals surface area (Å²) in [6.45, 7) is 3.07. The van der Waals surface area contributed by atoms with E-state index in [1.807, 2.05) is 6.92 Å². The second kappa shape index (κ2) is 4.64. The minimum absolute atomic E-state index is 0.0509. The van der Waals surface area contributed by atoms with E-state index in [0.29, 0.717) is 5.69 Å². The lowest BCUT2D eigenvalue weighted by molar-refractivity contribution is -0.130. The van der Waals surface area contributed by atoms with Crippen LogP contribution in [0.5, 0.6) is 0 Å². The molecule has 5 heteroatoms. The molecule has 1 aromatic rings. The van der Waals surface area contributed by atoms with E-state index >= 15 is 0 Å². The monoisotopic (exact) mass is 196 g/mol. The molecular weight excluding hydrogens is 180 g/mol. The van der Waals surface area contributed by atoms with Gasteiger partial charge in [-0.15, -0.1) is 0 Å². The second-order valence-corrected chi connectivity index (χ2v) is 3.29. The minimum atomic E-state index is 0.0509. The number of carbonyl (C=O) groups excluding carboxylic acids is 1. The van der Waals surface area contributed by atoms with Crippen molar-refractivity contribution in [3.05, 3.63) is 12.4 Å². The van der Waals surface area contributed by atoms with Gasteiger partial charge in [-0.1, -0.05) is 6.92 Å². The lowest BCUT2D eigenvalue weighted by Gasteiger charge is -2.15. The summed E-state index contributed by atoms with van der Waals surface area (Å²) in [5.41, 5.74) is 6.06. The van der Waals surface area contributed by atoms with Gasteiger partial charge in [0.05, 0.1) is 11.9 Å². The van der Waals surface area contributed by atoms with Crippen LogP contribution < -0.4 is 5.73 Å². The summed E-state index contributed by atoms with van der Waals surface area (Å²) < 4.78 is 1.55. The molecule has 78 valence electrons. The number of nitrogens with two attached hydrogens (primary N) is 1. The van der Waals surface area contributed by atoms with E-state index < -0.39 is 0 Å². The van der Waals surface area contributed by atoms with Crippen LogP contribution in [-0.2, 0) is 11.3 Å². The molecule has 0 fully saturated rings. The average Bonchev–Trinajstić information content (AvgIpc) is 2.51. The Kier molecular flexibility index (Phi) is 3.50. The average molecular weight is 196 g/mol. The van der Waals surface area contributed by atoms with Gasteiger partial charge in [-0.2, -0.15) is 5.10 Å². The molecule has 0 radical (unpaired) electrons. The van der Waals surface area contributed by atoms with Crippen LogP contribution in [0.3, 0.4) is 0 Å². The summed E-state index contributed by atoms with van der Waals surface area (Å²) in [6.07, 6.45) is 4.15. The second-order valence-electron chi connectivity index (χ2n) is 3.29. The van der Waals surface area contributed by atoms with E-state index in [1.165, 1.54) is 6.20 Å². The number of nitrogen functional groups attached to an aromatic ring is 1. The standard InChI is InChI=1S/C9H16N4O/c1-3-4-12(2)9(14)7-13-6-8(10)5-11-13/h5-6H,3-4,7,10H2,1-2H3. The van der Waals surface area contributed by atoms with E-state index in [2.05, 4.69) is 5.10 Å².